The van der Waals surface area contributed by atoms with Crippen LogP contribution in [-0.2, 0) is 0 Å². The Labute approximate surface area is 109 Å². The molecule has 0 aliphatic carbocycles. The van der Waals surface area contributed by atoms with Crippen LogP contribution in [0.4, 0.5) is 5.82 Å². The number of aromatic nitrogens is 1. The average Bonchev–Trinajstić information content (AvgIpc) is 2.18. The molecule has 4 heteroatoms. The largest absolute Gasteiger partial charge is 0.383 e. The third kappa shape index (κ3) is 4.45. The molecular weight excluding hydrogens is 226 g/mol. The first-order chi connectivity index (χ1) is 8.19. The summed E-state index contributed by atoms with van der Waals surface area (Å²) in [4.78, 5) is 16.1. The summed E-state index contributed by atoms with van der Waals surface area (Å²) >= 11 is 0. The predicted molar refractivity (Wildman–Crippen MR) is 74.4 cm³/mol. The third-order valence-corrected chi connectivity index (χ3v) is 2.68. The molecule has 0 spiro atoms. The number of Topliss-reactive ketones (excluding diaryl/α,β-unsaturated/α-hetero) is 1. The zero-order valence-electron chi connectivity index (χ0n) is 11.7. The summed E-state index contributed by atoms with van der Waals surface area (Å²) in [6.07, 6.45) is 2.77. The molecule has 0 bridgehead atoms. The summed E-state index contributed by atoms with van der Waals surface area (Å²) in [5.41, 5.74) is 13.3. The van der Waals surface area contributed by atoms with E-state index in [0.29, 0.717) is 12.0 Å². The van der Waals surface area contributed by atoms with E-state index in [0.717, 1.165) is 12.0 Å². The Hall–Kier alpha value is -1.42. The van der Waals surface area contributed by atoms with Gasteiger partial charge in [0, 0.05) is 18.7 Å². The maximum atomic E-state index is 12.1. The molecule has 0 aliphatic rings. The lowest BCUT2D eigenvalue weighted by atomic mass is 9.86. The second kappa shape index (κ2) is 5.48. The maximum absolute atomic E-state index is 12.1. The van der Waals surface area contributed by atoms with Gasteiger partial charge in [0.1, 0.15) is 5.82 Å². The summed E-state index contributed by atoms with van der Waals surface area (Å²) in [6, 6.07) is 1.63. The van der Waals surface area contributed by atoms with Crippen molar-refractivity contribution in [2.75, 3.05) is 5.73 Å². The number of rotatable bonds is 4. The molecule has 1 aromatic heterocycles. The Kier molecular flexibility index (Phi) is 4.46. The van der Waals surface area contributed by atoms with Crippen molar-refractivity contribution < 1.29 is 4.79 Å². The SMILES string of the molecule is Cc1cnc(N)c(C(=O)CC(N)CC(C)(C)C)c1. The van der Waals surface area contributed by atoms with Gasteiger partial charge < -0.3 is 11.5 Å². The fraction of sp³-hybridized carbons (Fsp3) is 0.571. The van der Waals surface area contributed by atoms with E-state index in [-0.39, 0.29) is 23.1 Å². The number of nitrogens with two attached hydrogens (primary N) is 2. The van der Waals surface area contributed by atoms with Crippen molar-refractivity contribution in [1.82, 2.24) is 4.98 Å². The van der Waals surface area contributed by atoms with Gasteiger partial charge in [0.25, 0.3) is 0 Å². The zero-order valence-corrected chi connectivity index (χ0v) is 11.7. The summed E-state index contributed by atoms with van der Waals surface area (Å²) in [6.45, 7) is 8.22. The standard InChI is InChI=1S/C14H23N3O/c1-9-5-11(13(16)17-8-9)12(18)6-10(15)7-14(2,3)4/h5,8,10H,6-7,15H2,1-4H3,(H2,16,17). The summed E-state index contributed by atoms with van der Waals surface area (Å²) in [5.74, 6) is 0.258. The molecule has 0 aromatic carbocycles. The highest BCUT2D eigenvalue weighted by atomic mass is 16.1. The van der Waals surface area contributed by atoms with Crippen molar-refractivity contribution in [2.24, 2.45) is 11.1 Å². The van der Waals surface area contributed by atoms with Gasteiger partial charge in [-0.3, -0.25) is 4.79 Å². The Morgan fingerprint density at radius 3 is 2.61 bits per heavy atom. The number of nitrogen functional groups attached to an aromatic ring is 1. The second-order valence-electron chi connectivity index (χ2n) is 6.10. The number of hydrogen-bond donors (Lipinski definition) is 2. The summed E-state index contributed by atoms with van der Waals surface area (Å²) in [5, 5.41) is 0. The van der Waals surface area contributed by atoms with Crippen LogP contribution in [0.15, 0.2) is 12.3 Å². The number of carbonyl (C=O) groups excluding carboxylic acids is 1. The minimum atomic E-state index is -0.141. The van der Waals surface area contributed by atoms with Gasteiger partial charge in [0.2, 0.25) is 0 Å². The highest BCUT2D eigenvalue weighted by Crippen LogP contribution is 2.22. The Balaban J connectivity index is 2.74. The van der Waals surface area contributed by atoms with Crippen LogP contribution < -0.4 is 11.5 Å². The minimum Gasteiger partial charge on any atom is -0.383 e. The summed E-state index contributed by atoms with van der Waals surface area (Å²) in [7, 11) is 0. The third-order valence-electron chi connectivity index (χ3n) is 2.68. The van der Waals surface area contributed by atoms with Crippen molar-refractivity contribution >= 4 is 11.6 Å². The Bertz CT molecular complexity index is 435. The number of anilines is 1. The quantitative estimate of drug-likeness (QED) is 0.802. The molecule has 100 valence electrons. The molecule has 0 saturated heterocycles. The van der Waals surface area contributed by atoms with Crippen LogP contribution in [0.1, 0.15) is 49.5 Å². The number of nitrogens with zero attached hydrogens (tertiary/aromatic N) is 1. The van der Waals surface area contributed by atoms with Gasteiger partial charge in [-0.05, 0) is 30.4 Å². The normalized spacial score (nSPS) is 13.4. The van der Waals surface area contributed by atoms with E-state index in [1.54, 1.807) is 12.3 Å². The Morgan fingerprint density at radius 2 is 2.06 bits per heavy atom. The molecular formula is C14H23N3O. The van der Waals surface area contributed by atoms with Crippen LogP contribution in [-0.4, -0.2) is 16.8 Å². The lowest BCUT2D eigenvalue weighted by Gasteiger charge is -2.22. The molecule has 0 radical (unpaired) electrons. The van der Waals surface area contributed by atoms with Crippen LogP contribution in [0.2, 0.25) is 0 Å². The van der Waals surface area contributed by atoms with E-state index < -0.39 is 0 Å². The van der Waals surface area contributed by atoms with Crippen molar-refractivity contribution in [3.63, 3.8) is 0 Å². The molecule has 4 nitrogen and oxygen atoms in total. The molecule has 1 unspecified atom stereocenters. The van der Waals surface area contributed by atoms with Gasteiger partial charge in [-0.1, -0.05) is 20.8 Å². The topological polar surface area (TPSA) is 82.0 Å². The molecule has 1 atom stereocenters. The molecule has 1 rings (SSSR count). The van der Waals surface area contributed by atoms with Crippen LogP contribution >= 0.6 is 0 Å². The van der Waals surface area contributed by atoms with Crippen LogP contribution in [0.25, 0.3) is 0 Å². The number of ketones is 1. The highest BCUT2D eigenvalue weighted by Gasteiger charge is 2.20. The minimum absolute atomic E-state index is 0.0274. The van der Waals surface area contributed by atoms with Gasteiger partial charge >= 0.3 is 0 Å². The van der Waals surface area contributed by atoms with Gasteiger partial charge in [0.05, 0.1) is 5.56 Å². The highest BCUT2D eigenvalue weighted by molar-refractivity contribution is 6.00. The van der Waals surface area contributed by atoms with Crippen molar-refractivity contribution in [3.05, 3.63) is 23.4 Å². The van der Waals surface area contributed by atoms with E-state index in [1.807, 2.05) is 6.92 Å². The number of aryl methyl sites for hydroxylation is 1. The fourth-order valence-electron chi connectivity index (χ4n) is 2.01. The lowest BCUT2D eigenvalue weighted by molar-refractivity contribution is 0.0969. The van der Waals surface area contributed by atoms with E-state index in [1.165, 1.54) is 0 Å². The maximum Gasteiger partial charge on any atom is 0.168 e. The second-order valence-corrected chi connectivity index (χ2v) is 6.10. The lowest BCUT2D eigenvalue weighted by Crippen LogP contribution is -2.29. The number of hydrogen-bond acceptors (Lipinski definition) is 4. The van der Waals surface area contributed by atoms with Crippen LogP contribution in [0, 0.1) is 12.3 Å². The number of pyridine rings is 1. The van der Waals surface area contributed by atoms with E-state index in [2.05, 4.69) is 25.8 Å². The monoisotopic (exact) mass is 249 g/mol. The van der Waals surface area contributed by atoms with E-state index in [9.17, 15) is 4.79 Å². The molecule has 4 N–H and O–H groups in total. The van der Waals surface area contributed by atoms with Gasteiger partial charge in [-0.25, -0.2) is 4.98 Å². The molecule has 1 aromatic rings. The smallest absolute Gasteiger partial charge is 0.168 e. The van der Waals surface area contributed by atoms with Crippen molar-refractivity contribution in [3.8, 4) is 0 Å². The molecule has 0 fully saturated rings. The molecule has 18 heavy (non-hydrogen) atoms. The first-order valence-corrected chi connectivity index (χ1v) is 6.20. The van der Waals surface area contributed by atoms with Crippen molar-refractivity contribution in [2.45, 2.75) is 46.6 Å². The van der Waals surface area contributed by atoms with Gasteiger partial charge in [-0.2, -0.15) is 0 Å². The molecule has 0 saturated carbocycles. The first-order valence-electron chi connectivity index (χ1n) is 6.20. The van der Waals surface area contributed by atoms with Crippen LogP contribution in [0.5, 0.6) is 0 Å². The zero-order chi connectivity index (χ0) is 13.9. The number of carbonyl (C=O) groups is 1. The van der Waals surface area contributed by atoms with Crippen LogP contribution in [0.3, 0.4) is 0 Å². The first kappa shape index (κ1) is 14.6. The van der Waals surface area contributed by atoms with E-state index in [4.69, 9.17) is 11.5 Å². The van der Waals surface area contributed by atoms with Gasteiger partial charge in [-0.15, -0.1) is 0 Å². The predicted octanol–water partition coefficient (Wildman–Crippen LogP) is 2.31. The van der Waals surface area contributed by atoms with E-state index >= 15 is 0 Å². The fourth-order valence-corrected chi connectivity index (χ4v) is 2.01. The molecule has 0 amide bonds. The molecule has 0 aliphatic heterocycles. The van der Waals surface area contributed by atoms with Gasteiger partial charge in [0.15, 0.2) is 5.78 Å². The van der Waals surface area contributed by atoms with Crippen molar-refractivity contribution in [1.29, 1.82) is 0 Å². The molecule has 1 heterocycles. The summed E-state index contributed by atoms with van der Waals surface area (Å²) < 4.78 is 0. The average molecular weight is 249 g/mol. The Morgan fingerprint density at radius 1 is 1.44 bits per heavy atom.